The van der Waals surface area contributed by atoms with Crippen molar-refractivity contribution in [2.75, 3.05) is 6.54 Å². The molecule has 1 rings (SSSR count). The van der Waals surface area contributed by atoms with E-state index in [9.17, 15) is 9.18 Å². The van der Waals surface area contributed by atoms with Gasteiger partial charge in [-0.25, -0.2) is 9.37 Å². The van der Waals surface area contributed by atoms with Gasteiger partial charge in [0, 0.05) is 6.54 Å². The zero-order chi connectivity index (χ0) is 11.3. The molecule has 0 atom stereocenters. The summed E-state index contributed by atoms with van der Waals surface area (Å²) in [7, 11) is 0. The summed E-state index contributed by atoms with van der Waals surface area (Å²) < 4.78 is 12.8. The largest absolute Gasteiger partial charge is 0.352 e. The SMILES string of the molecule is CCCCNC(=O)c1cc(F)cnc1Cl. The average Bonchev–Trinajstić information content (AvgIpc) is 2.22. The van der Waals surface area contributed by atoms with Gasteiger partial charge in [0.2, 0.25) is 0 Å². The van der Waals surface area contributed by atoms with Crippen molar-refractivity contribution >= 4 is 17.5 Å². The quantitative estimate of drug-likeness (QED) is 0.638. The van der Waals surface area contributed by atoms with E-state index in [0.717, 1.165) is 25.1 Å². The lowest BCUT2D eigenvalue weighted by atomic mass is 10.2. The topological polar surface area (TPSA) is 42.0 Å². The maximum absolute atomic E-state index is 12.8. The van der Waals surface area contributed by atoms with Crippen LogP contribution in [0.25, 0.3) is 0 Å². The first kappa shape index (κ1) is 11.9. The van der Waals surface area contributed by atoms with Crippen molar-refractivity contribution in [1.82, 2.24) is 10.3 Å². The molecule has 0 bridgehead atoms. The minimum atomic E-state index is -0.569. The van der Waals surface area contributed by atoms with Gasteiger partial charge in [0.1, 0.15) is 11.0 Å². The molecule has 15 heavy (non-hydrogen) atoms. The number of carbonyl (C=O) groups excluding carboxylic acids is 1. The molecule has 0 aliphatic heterocycles. The van der Waals surface area contributed by atoms with Crippen molar-refractivity contribution in [2.24, 2.45) is 0 Å². The van der Waals surface area contributed by atoms with Crippen molar-refractivity contribution in [3.8, 4) is 0 Å². The summed E-state index contributed by atoms with van der Waals surface area (Å²) >= 11 is 5.67. The van der Waals surface area contributed by atoms with E-state index in [0.29, 0.717) is 6.54 Å². The summed E-state index contributed by atoms with van der Waals surface area (Å²) in [4.78, 5) is 15.0. The Kier molecular flexibility index (Phi) is 4.49. The van der Waals surface area contributed by atoms with Crippen LogP contribution in [0.3, 0.4) is 0 Å². The zero-order valence-electron chi connectivity index (χ0n) is 8.39. The summed E-state index contributed by atoms with van der Waals surface area (Å²) in [6, 6.07) is 1.08. The van der Waals surface area contributed by atoms with Crippen molar-refractivity contribution in [2.45, 2.75) is 19.8 Å². The molecule has 0 aliphatic rings. The van der Waals surface area contributed by atoms with Crippen molar-refractivity contribution < 1.29 is 9.18 Å². The van der Waals surface area contributed by atoms with E-state index in [1.54, 1.807) is 0 Å². The van der Waals surface area contributed by atoms with E-state index < -0.39 is 5.82 Å². The molecular weight excluding hydrogens is 219 g/mol. The zero-order valence-corrected chi connectivity index (χ0v) is 9.14. The fourth-order valence-corrected chi connectivity index (χ4v) is 1.24. The van der Waals surface area contributed by atoms with Crippen LogP contribution >= 0.6 is 11.6 Å². The molecule has 0 aliphatic carbocycles. The number of unbranched alkanes of at least 4 members (excludes halogenated alkanes) is 1. The highest BCUT2D eigenvalue weighted by molar-refractivity contribution is 6.32. The normalized spacial score (nSPS) is 10.1. The molecule has 0 fully saturated rings. The number of nitrogens with zero attached hydrogens (tertiary/aromatic N) is 1. The first-order valence-electron chi connectivity index (χ1n) is 4.74. The number of rotatable bonds is 4. The van der Waals surface area contributed by atoms with E-state index in [1.165, 1.54) is 0 Å². The standard InChI is InChI=1S/C10H12ClFN2O/c1-2-3-4-13-10(15)8-5-7(12)6-14-9(8)11/h5-6H,2-4H2,1H3,(H,13,15). The Morgan fingerprint density at radius 2 is 2.40 bits per heavy atom. The average molecular weight is 231 g/mol. The Morgan fingerprint density at radius 3 is 3.07 bits per heavy atom. The highest BCUT2D eigenvalue weighted by Crippen LogP contribution is 2.13. The van der Waals surface area contributed by atoms with Gasteiger partial charge in [-0.05, 0) is 12.5 Å². The first-order chi connectivity index (χ1) is 7.15. The number of hydrogen-bond acceptors (Lipinski definition) is 2. The second-order valence-corrected chi connectivity index (χ2v) is 3.46. The Balaban J connectivity index is 2.68. The predicted octanol–water partition coefficient (Wildman–Crippen LogP) is 2.40. The van der Waals surface area contributed by atoms with E-state index >= 15 is 0 Å². The minimum absolute atomic E-state index is 0.0189. The molecule has 0 saturated heterocycles. The summed E-state index contributed by atoms with van der Waals surface area (Å²) in [5.74, 6) is -0.958. The molecule has 3 nitrogen and oxygen atoms in total. The van der Waals surface area contributed by atoms with Crippen LogP contribution in [-0.4, -0.2) is 17.4 Å². The third-order valence-electron chi connectivity index (χ3n) is 1.87. The molecule has 82 valence electrons. The van der Waals surface area contributed by atoms with Crippen LogP contribution in [0.2, 0.25) is 5.15 Å². The Morgan fingerprint density at radius 1 is 1.67 bits per heavy atom. The molecule has 1 heterocycles. The lowest BCUT2D eigenvalue weighted by Crippen LogP contribution is -2.25. The van der Waals surface area contributed by atoms with Crippen LogP contribution in [0.5, 0.6) is 0 Å². The van der Waals surface area contributed by atoms with E-state index in [2.05, 4.69) is 10.3 Å². The number of hydrogen-bond donors (Lipinski definition) is 1. The highest BCUT2D eigenvalue weighted by atomic mass is 35.5. The third-order valence-corrected chi connectivity index (χ3v) is 2.17. The van der Waals surface area contributed by atoms with Crippen molar-refractivity contribution in [3.63, 3.8) is 0 Å². The monoisotopic (exact) mass is 230 g/mol. The lowest BCUT2D eigenvalue weighted by Gasteiger charge is -2.05. The molecule has 0 saturated carbocycles. The highest BCUT2D eigenvalue weighted by Gasteiger charge is 2.11. The lowest BCUT2D eigenvalue weighted by molar-refractivity contribution is 0.0952. The molecule has 1 amide bonds. The van der Waals surface area contributed by atoms with Crippen molar-refractivity contribution in [1.29, 1.82) is 0 Å². The van der Waals surface area contributed by atoms with Crippen LogP contribution in [0.1, 0.15) is 30.1 Å². The van der Waals surface area contributed by atoms with Crippen LogP contribution in [0.4, 0.5) is 4.39 Å². The Labute approximate surface area is 92.7 Å². The van der Waals surface area contributed by atoms with Crippen LogP contribution in [-0.2, 0) is 0 Å². The molecule has 0 unspecified atom stereocenters. The summed E-state index contributed by atoms with van der Waals surface area (Å²) in [5, 5.41) is 2.66. The molecule has 0 radical (unpaired) electrons. The van der Waals surface area contributed by atoms with Gasteiger partial charge in [-0.2, -0.15) is 0 Å². The molecule has 5 heteroatoms. The van der Waals surface area contributed by atoms with Gasteiger partial charge >= 0.3 is 0 Å². The maximum Gasteiger partial charge on any atom is 0.254 e. The van der Waals surface area contributed by atoms with Gasteiger partial charge in [0.25, 0.3) is 5.91 Å². The van der Waals surface area contributed by atoms with Crippen molar-refractivity contribution in [3.05, 3.63) is 28.8 Å². The smallest absolute Gasteiger partial charge is 0.254 e. The van der Waals surface area contributed by atoms with Crippen LogP contribution < -0.4 is 5.32 Å². The summed E-state index contributed by atoms with van der Waals surface area (Å²) in [5.41, 5.74) is 0.0766. The van der Waals surface area contributed by atoms with Gasteiger partial charge in [0.15, 0.2) is 0 Å². The first-order valence-corrected chi connectivity index (χ1v) is 5.12. The van der Waals surface area contributed by atoms with Crippen LogP contribution in [0, 0.1) is 5.82 Å². The molecule has 0 spiro atoms. The second-order valence-electron chi connectivity index (χ2n) is 3.10. The van der Waals surface area contributed by atoms with Gasteiger partial charge in [-0.1, -0.05) is 24.9 Å². The fraction of sp³-hybridized carbons (Fsp3) is 0.400. The number of carbonyl (C=O) groups is 1. The summed E-state index contributed by atoms with van der Waals surface area (Å²) in [6.07, 6.45) is 2.84. The van der Waals surface area contributed by atoms with Gasteiger partial charge in [0.05, 0.1) is 11.8 Å². The van der Waals surface area contributed by atoms with Crippen LogP contribution in [0.15, 0.2) is 12.3 Å². The predicted molar refractivity (Wildman–Crippen MR) is 56.4 cm³/mol. The Bertz CT molecular complexity index is 357. The van der Waals surface area contributed by atoms with Gasteiger partial charge < -0.3 is 5.32 Å². The molecule has 1 aromatic heterocycles. The maximum atomic E-state index is 12.8. The minimum Gasteiger partial charge on any atom is -0.352 e. The Hall–Kier alpha value is -1.16. The van der Waals surface area contributed by atoms with Gasteiger partial charge in [-0.15, -0.1) is 0 Å². The number of nitrogens with one attached hydrogen (secondary N) is 1. The number of pyridine rings is 1. The number of halogens is 2. The van der Waals surface area contributed by atoms with E-state index in [-0.39, 0.29) is 16.6 Å². The van der Waals surface area contributed by atoms with E-state index in [1.807, 2.05) is 6.92 Å². The second kappa shape index (κ2) is 5.66. The molecular formula is C10H12ClFN2O. The number of amides is 1. The third kappa shape index (κ3) is 3.47. The summed E-state index contributed by atoms with van der Waals surface area (Å²) in [6.45, 7) is 2.57. The molecule has 1 aromatic rings. The fourth-order valence-electron chi connectivity index (χ4n) is 1.06. The molecule has 1 N–H and O–H groups in total. The number of aromatic nitrogens is 1. The van der Waals surface area contributed by atoms with E-state index in [4.69, 9.17) is 11.6 Å². The van der Waals surface area contributed by atoms with Gasteiger partial charge in [-0.3, -0.25) is 4.79 Å². The molecule has 0 aromatic carbocycles.